The Hall–Kier alpha value is -1.65. The van der Waals surface area contributed by atoms with Gasteiger partial charge in [-0.1, -0.05) is 12.1 Å². The molecule has 1 amide bonds. The van der Waals surface area contributed by atoms with Crippen molar-refractivity contribution in [1.82, 2.24) is 0 Å². The summed E-state index contributed by atoms with van der Waals surface area (Å²) in [5.41, 5.74) is 3.11. The molecule has 0 fully saturated rings. The summed E-state index contributed by atoms with van der Waals surface area (Å²) < 4.78 is 0. The van der Waals surface area contributed by atoms with Crippen molar-refractivity contribution >= 4 is 22.9 Å². The molecule has 110 valence electrons. The fourth-order valence-corrected chi connectivity index (χ4v) is 3.86. The van der Waals surface area contributed by atoms with Gasteiger partial charge in [-0.2, -0.15) is 0 Å². The van der Waals surface area contributed by atoms with Crippen LogP contribution in [0.4, 0.5) is 5.69 Å². The monoisotopic (exact) mass is 301 g/mol. The molecule has 1 atom stereocenters. The number of thiophene rings is 1. The molecule has 0 bridgehead atoms. The Kier molecular flexibility index (Phi) is 4.36. The van der Waals surface area contributed by atoms with Crippen LogP contribution in [-0.2, 0) is 17.6 Å². The zero-order chi connectivity index (χ0) is 14.7. The zero-order valence-electron chi connectivity index (χ0n) is 11.8. The van der Waals surface area contributed by atoms with Gasteiger partial charge in [0.05, 0.1) is 5.92 Å². The zero-order valence-corrected chi connectivity index (χ0v) is 12.7. The van der Waals surface area contributed by atoms with Crippen molar-refractivity contribution in [1.29, 1.82) is 0 Å². The molecule has 4 heteroatoms. The van der Waals surface area contributed by atoms with Crippen molar-refractivity contribution in [3.8, 4) is 0 Å². The number of aliphatic hydroxyl groups excluding tert-OH is 1. The first-order chi connectivity index (χ1) is 10.3. The summed E-state index contributed by atoms with van der Waals surface area (Å²) in [4.78, 5) is 13.9. The van der Waals surface area contributed by atoms with Gasteiger partial charge >= 0.3 is 0 Å². The fraction of sp³-hybridized carbons (Fsp3) is 0.353. The van der Waals surface area contributed by atoms with E-state index in [1.165, 1.54) is 10.4 Å². The van der Waals surface area contributed by atoms with Gasteiger partial charge in [0, 0.05) is 17.2 Å². The van der Waals surface area contributed by atoms with Crippen LogP contribution < -0.4 is 5.32 Å². The highest BCUT2D eigenvalue weighted by Crippen LogP contribution is 2.35. The maximum atomic E-state index is 12.5. The Balaban J connectivity index is 1.70. The number of carbonyl (C=O) groups is 1. The lowest BCUT2D eigenvalue weighted by Crippen LogP contribution is -2.23. The molecule has 0 saturated heterocycles. The fourth-order valence-electron chi connectivity index (χ4n) is 2.87. The summed E-state index contributed by atoms with van der Waals surface area (Å²) in [7, 11) is 0. The van der Waals surface area contributed by atoms with E-state index < -0.39 is 0 Å². The Bertz CT molecular complexity index is 618. The topological polar surface area (TPSA) is 49.3 Å². The minimum Gasteiger partial charge on any atom is -0.396 e. The minimum absolute atomic E-state index is 0.0166. The van der Waals surface area contributed by atoms with E-state index in [0.29, 0.717) is 6.42 Å². The minimum atomic E-state index is -0.0166. The van der Waals surface area contributed by atoms with Crippen LogP contribution in [0.3, 0.4) is 0 Å². The van der Waals surface area contributed by atoms with E-state index in [4.69, 9.17) is 5.11 Å². The van der Waals surface area contributed by atoms with Gasteiger partial charge in [0.2, 0.25) is 5.91 Å². The molecular formula is C17H19NO2S. The quantitative estimate of drug-likeness (QED) is 0.910. The molecule has 1 aliphatic rings. The molecule has 1 heterocycles. The van der Waals surface area contributed by atoms with Crippen LogP contribution >= 0.6 is 11.3 Å². The molecule has 0 spiro atoms. The van der Waals surface area contributed by atoms with E-state index in [0.717, 1.165) is 30.5 Å². The first kappa shape index (κ1) is 14.3. The Morgan fingerprint density at radius 3 is 2.86 bits per heavy atom. The normalized spacial score (nSPS) is 17.3. The van der Waals surface area contributed by atoms with Crippen LogP contribution in [-0.4, -0.2) is 17.6 Å². The highest BCUT2D eigenvalue weighted by molar-refractivity contribution is 7.10. The van der Waals surface area contributed by atoms with Gasteiger partial charge in [0.15, 0.2) is 0 Å². The number of hydrogen-bond acceptors (Lipinski definition) is 3. The Morgan fingerprint density at radius 1 is 1.29 bits per heavy atom. The molecule has 3 nitrogen and oxygen atoms in total. The third-order valence-electron chi connectivity index (χ3n) is 3.99. The molecule has 0 aliphatic heterocycles. The molecule has 1 aromatic carbocycles. The largest absolute Gasteiger partial charge is 0.396 e. The van der Waals surface area contributed by atoms with Gasteiger partial charge in [-0.05, 0) is 60.4 Å². The first-order valence-corrected chi connectivity index (χ1v) is 8.23. The summed E-state index contributed by atoms with van der Waals surface area (Å²) in [5, 5.41) is 14.0. The van der Waals surface area contributed by atoms with Crippen LogP contribution in [0.25, 0.3) is 0 Å². The van der Waals surface area contributed by atoms with Gasteiger partial charge in [0.1, 0.15) is 0 Å². The van der Waals surface area contributed by atoms with Crippen molar-refractivity contribution in [2.45, 2.75) is 31.6 Å². The number of rotatable bonds is 4. The van der Waals surface area contributed by atoms with Crippen LogP contribution in [0.5, 0.6) is 0 Å². The second kappa shape index (κ2) is 6.41. The van der Waals surface area contributed by atoms with Gasteiger partial charge < -0.3 is 10.4 Å². The van der Waals surface area contributed by atoms with E-state index in [1.54, 1.807) is 11.3 Å². The highest BCUT2D eigenvalue weighted by atomic mass is 32.1. The molecule has 3 rings (SSSR count). The average Bonchev–Trinajstić information content (AvgIpc) is 2.98. The summed E-state index contributed by atoms with van der Waals surface area (Å²) in [6.07, 6.45) is 3.76. The predicted octanol–water partition coefficient (Wildman–Crippen LogP) is 3.34. The number of benzene rings is 1. The van der Waals surface area contributed by atoms with Gasteiger partial charge in [-0.25, -0.2) is 0 Å². The van der Waals surface area contributed by atoms with Crippen molar-refractivity contribution in [3.05, 3.63) is 51.7 Å². The standard InChI is InChI=1S/C17H19NO2S/c19-10-8-12-4-6-13(7-5-12)18-17(20)15-2-1-3-16-14(15)9-11-21-16/h4-7,9,11,15,19H,1-3,8,10H2,(H,18,20). The SMILES string of the molecule is O=C(Nc1ccc(CCO)cc1)C1CCCc2sccc21. The molecule has 21 heavy (non-hydrogen) atoms. The summed E-state index contributed by atoms with van der Waals surface area (Å²) in [5.74, 6) is 0.0707. The Morgan fingerprint density at radius 2 is 2.10 bits per heavy atom. The van der Waals surface area contributed by atoms with Crippen LogP contribution in [0.15, 0.2) is 35.7 Å². The molecule has 1 unspecified atom stereocenters. The molecule has 0 radical (unpaired) electrons. The van der Waals surface area contributed by atoms with Crippen molar-refractivity contribution in [2.24, 2.45) is 0 Å². The maximum absolute atomic E-state index is 12.5. The predicted molar refractivity (Wildman–Crippen MR) is 85.9 cm³/mol. The summed E-state index contributed by atoms with van der Waals surface area (Å²) in [6.45, 7) is 0.148. The number of fused-ring (bicyclic) bond motifs is 1. The number of hydrogen-bond donors (Lipinski definition) is 2. The second-order valence-electron chi connectivity index (χ2n) is 5.40. The molecular weight excluding hydrogens is 282 g/mol. The summed E-state index contributed by atoms with van der Waals surface area (Å²) in [6, 6.07) is 9.79. The molecule has 1 aromatic heterocycles. The number of aliphatic hydroxyl groups is 1. The number of aryl methyl sites for hydroxylation is 1. The van der Waals surface area contributed by atoms with Gasteiger partial charge in [-0.15, -0.1) is 11.3 Å². The maximum Gasteiger partial charge on any atom is 0.231 e. The van der Waals surface area contributed by atoms with Crippen LogP contribution in [0.2, 0.25) is 0 Å². The lowest BCUT2D eigenvalue weighted by atomic mass is 9.87. The van der Waals surface area contributed by atoms with Crippen LogP contribution in [0, 0.1) is 0 Å². The van der Waals surface area contributed by atoms with E-state index in [9.17, 15) is 4.79 Å². The highest BCUT2D eigenvalue weighted by Gasteiger charge is 2.27. The van der Waals surface area contributed by atoms with E-state index >= 15 is 0 Å². The molecule has 2 aromatic rings. The first-order valence-electron chi connectivity index (χ1n) is 7.35. The van der Waals surface area contributed by atoms with Crippen molar-refractivity contribution in [2.75, 3.05) is 11.9 Å². The van der Waals surface area contributed by atoms with E-state index in [2.05, 4.69) is 16.8 Å². The average molecular weight is 301 g/mol. The lowest BCUT2D eigenvalue weighted by molar-refractivity contribution is -0.117. The van der Waals surface area contributed by atoms with E-state index in [1.807, 2.05) is 24.3 Å². The number of nitrogens with one attached hydrogen (secondary N) is 1. The van der Waals surface area contributed by atoms with Crippen LogP contribution in [0.1, 0.15) is 34.8 Å². The summed E-state index contributed by atoms with van der Waals surface area (Å²) >= 11 is 1.76. The van der Waals surface area contributed by atoms with Crippen molar-refractivity contribution < 1.29 is 9.90 Å². The van der Waals surface area contributed by atoms with E-state index in [-0.39, 0.29) is 18.4 Å². The molecule has 1 aliphatic carbocycles. The number of amides is 1. The Labute approximate surface area is 128 Å². The van der Waals surface area contributed by atoms with Crippen molar-refractivity contribution in [3.63, 3.8) is 0 Å². The molecule has 2 N–H and O–H groups in total. The second-order valence-corrected chi connectivity index (χ2v) is 6.40. The smallest absolute Gasteiger partial charge is 0.231 e. The number of carbonyl (C=O) groups excluding carboxylic acids is 1. The van der Waals surface area contributed by atoms with Gasteiger partial charge in [-0.3, -0.25) is 4.79 Å². The van der Waals surface area contributed by atoms with Gasteiger partial charge in [0.25, 0.3) is 0 Å². The number of anilines is 1. The lowest BCUT2D eigenvalue weighted by Gasteiger charge is -2.21. The third kappa shape index (κ3) is 3.17. The third-order valence-corrected chi connectivity index (χ3v) is 4.99. The molecule has 0 saturated carbocycles.